The number of carbonyl (C=O) groups is 1. The summed E-state index contributed by atoms with van der Waals surface area (Å²) in [6.45, 7) is 5.29. The van der Waals surface area contributed by atoms with Gasteiger partial charge in [0.25, 0.3) is 5.56 Å². The third-order valence-electron chi connectivity index (χ3n) is 3.84. The Morgan fingerprint density at radius 1 is 1.25 bits per heavy atom. The van der Waals surface area contributed by atoms with Gasteiger partial charge in [0.1, 0.15) is 5.56 Å². The summed E-state index contributed by atoms with van der Waals surface area (Å²) in [6, 6.07) is 0. The van der Waals surface area contributed by atoms with Gasteiger partial charge in [-0.3, -0.25) is 18.9 Å². The highest BCUT2D eigenvalue weighted by Gasteiger charge is 2.25. The first-order valence-electron chi connectivity index (χ1n) is 7.35. The molecule has 0 atom stereocenters. The molecule has 8 nitrogen and oxygen atoms in total. The summed E-state index contributed by atoms with van der Waals surface area (Å²) in [6.07, 6.45) is 1.36. The maximum absolute atomic E-state index is 12.2. The minimum Gasteiger partial charge on any atom is -0.494 e. The second-order valence-corrected chi connectivity index (χ2v) is 5.39. The Morgan fingerprint density at radius 2 is 1.88 bits per heavy atom. The van der Waals surface area contributed by atoms with Crippen molar-refractivity contribution in [2.24, 2.45) is 19.1 Å². The molecule has 0 amide bonds. The molecular formula is C16H19N3O5. The Bertz CT molecular complexity index is 928. The molecule has 0 aliphatic carbocycles. The highest BCUT2D eigenvalue weighted by atomic mass is 16.5. The van der Waals surface area contributed by atoms with Gasteiger partial charge < -0.3 is 9.84 Å². The first-order valence-corrected chi connectivity index (χ1v) is 7.35. The fraction of sp³-hybridized carbons (Fsp3) is 0.375. The van der Waals surface area contributed by atoms with E-state index in [1.165, 1.54) is 20.2 Å². The first kappa shape index (κ1) is 17.5. The number of allylic oxidation sites excluding steroid dienone is 1. The number of hydrogen-bond acceptors (Lipinski definition) is 6. The first-order chi connectivity index (χ1) is 11.2. The standard InChI is InChI=1S/C16H19N3O5/c1-6-24-15(22)12-8(2)11(17-9(12)3)7-10-13(20)18(4)16(23)19(5)14(10)21/h7,20H,6H2,1-5H3. The molecule has 24 heavy (non-hydrogen) atoms. The number of rotatable bonds is 3. The Hall–Kier alpha value is -2.90. The highest BCUT2D eigenvalue weighted by molar-refractivity contribution is 6.22. The molecule has 0 bridgehead atoms. The number of nitrogens with zero attached hydrogens (tertiary/aromatic N) is 3. The summed E-state index contributed by atoms with van der Waals surface area (Å²) in [4.78, 5) is 40.3. The van der Waals surface area contributed by atoms with E-state index in [0.717, 1.165) is 9.13 Å². The van der Waals surface area contributed by atoms with Gasteiger partial charge in [0, 0.05) is 14.1 Å². The van der Waals surface area contributed by atoms with Crippen LogP contribution < -0.4 is 11.2 Å². The molecule has 128 valence electrons. The van der Waals surface area contributed by atoms with Crippen LogP contribution in [0.15, 0.2) is 31.4 Å². The van der Waals surface area contributed by atoms with Crippen LogP contribution in [0.25, 0.3) is 6.08 Å². The Morgan fingerprint density at radius 3 is 2.46 bits per heavy atom. The van der Waals surface area contributed by atoms with Gasteiger partial charge in [0.2, 0.25) is 5.88 Å². The molecule has 1 aromatic rings. The van der Waals surface area contributed by atoms with Crippen LogP contribution in [0.4, 0.5) is 0 Å². The molecule has 1 N–H and O–H groups in total. The normalized spacial score (nSPS) is 15.9. The van der Waals surface area contributed by atoms with E-state index < -0.39 is 23.1 Å². The van der Waals surface area contributed by atoms with Crippen molar-refractivity contribution in [1.29, 1.82) is 0 Å². The van der Waals surface area contributed by atoms with Crippen molar-refractivity contribution in [1.82, 2.24) is 9.13 Å². The lowest BCUT2D eigenvalue weighted by Gasteiger charge is -2.08. The molecule has 1 aliphatic heterocycles. The predicted molar refractivity (Wildman–Crippen MR) is 89.0 cm³/mol. The van der Waals surface area contributed by atoms with Crippen LogP contribution in [0, 0.1) is 0 Å². The molecule has 0 saturated heterocycles. The molecule has 0 unspecified atom stereocenters. The second-order valence-electron chi connectivity index (χ2n) is 5.39. The maximum Gasteiger partial charge on any atom is 0.340 e. The van der Waals surface area contributed by atoms with Gasteiger partial charge in [0.15, 0.2) is 0 Å². The molecule has 2 heterocycles. The molecule has 2 rings (SSSR count). The quantitative estimate of drug-likeness (QED) is 0.811. The Balaban J connectivity index is 2.65. The van der Waals surface area contributed by atoms with Gasteiger partial charge in [0.05, 0.1) is 23.6 Å². The van der Waals surface area contributed by atoms with Crippen molar-refractivity contribution in [3.05, 3.63) is 43.2 Å². The summed E-state index contributed by atoms with van der Waals surface area (Å²) < 4.78 is 6.86. The number of esters is 1. The monoisotopic (exact) mass is 333 g/mol. The lowest BCUT2D eigenvalue weighted by molar-refractivity contribution is -0.137. The van der Waals surface area contributed by atoms with Crippen LogP contribution in [-0.2, 0) is 23.6 Å². The summed E-state index contributed by atoms with van der Waals surface area (Å²) in [5.74, 6) is -0.946. The molecule has 0 saturated carbocycles. The van der Waals surface area contributed by atoms with E-state index in [2.05, 4.69) is 4.99 Å². The fourth-order valence-electron chi connectivity index (χ4n) is 2.49. The van der Waals surface area contributed by atoms with Gasteiger partial charge in [-0.05, 0) is 32.4 Å². The molecule has 0 radical (unpaired) electrons. The highest BCUT2D eigenvalue weighted by Crippen LogP contribution is 2.28. The minimum absolute atomic E-state index is 0.0735. The van der Waals surface area contributed by atoms with Crippen LogP contribution in [-0.4, -0.2) is 32.5 Å². The lowest BCUT2D eigenvalue weighted by atomic mass is 10.1. The van der Waals surface area contributed by atoms with Crippen LogP contribution in [0.1, 0.15) is 26.3 Å². The third kappa shape index (κ3) is 2.70. The van der Waals surface area contributed by atoms with Gasteiger partial charge in [-0.15, -0.1) is 0 Å². The van der Waals surface area contributed by atoms with Crippen molar-refractivity contribution >= 4 is 17.8 Å². The number of carbonyl (C=O) groups excluding carboxylic acids is 1. The Kier molecular flexibility index (Phi) is 4.59. The summed E-state index contributed by atoms with van der Waals surface area (Å²) in [5, 5.41) is 10.1. The smallest absolute Gasteiger partial charge is 0.340 e. The molecule has 1 aromatic heterocycles. The van der Waals surface area contributed by atoms with Gasteiger partial charge >= 0.3 is 11.7 Å². The van der Waals surface area contributed by atoms with Crippen molar-refractivity contribution in [3.63, 3.8) is 0 Å². The van der Waals surface area contributed by atoms with E-state index in [0.29, 0.717) is 22.6 Å². The van der Waals surface area contributed by atoms with Crippen LogP contribution in [0.2, 0.25) is 0 Å². The molecule has 8 heteroatoms. The molecule has 0 aromatic carbocycles. The minimum atomic E-state index is -0.645. The predicted octanol–water partition coefficient (Wildman–Crippen LogP) is 0.485. The van der Waals surface area contributed by atoms with Crippen LogP contribution in [0.3, 0.4) is 0 Å². The van der Waals surface area contributed by atoms with Crippen LogP contribution in [0.5, 0.6) is 5.88 Å². The number of hydrogen-bond donors (Lipinski definition) is 1. The molecule has 0 spiro atoms. The largest absolute Gasteiger partial charge is 0.494 e. The second kappa shape index (κ2) is 6.31. The number of aliphatic imine (C=N–C) groups is 1. The van der Waals surface area contributed by atoms with E-state index >= 15 is 0 Å². The maximum atomic E-state index is 12.2. The van der Waals surface area contributed by atoms with E-state index in [-0.39, 0.29) is 12.2 Å². The summed E-state index contributed by atoms with van der Waals surface area (Å²) in [7, 11) is 2.68. The van der Waals surface area contributed by atoms with Crippen molar-refractivity contribution in [3.8, 4) is 5.88 Å². The zero-order chi connectivity index (χ0) is 18.2. The van der Waals surface area contributed by atoms with E-state index in [1.807, 2.05) is 0 Å². The van der Waals surface area contributed by atoms with Gasteiger partial charge in [-0.1, -0.05) is 0 Å². The number of aromatic nitrogens is 2. The SMILES string of the molecule is CCOC(=O)C1=C(C)C(=Cc2c(O)n(C)c(=O)n(C)c2=O)N=C1C. The van der Waals surface area contributed by atoms with Gasteiger partial charge in [-0.2, -0.15) is 0 Å². The number of ether oxygens (including phenoxy) is 1. The number of aromatic hydroxyl groups is 1. The van der Waals surface area contributed by atoms with Crippen molar-refractivity contribution in [2.45, 2.75) is 20.8 Å². The van der Waals surface area contributed by atoms with E-state index in [1.54, 1.807) is 20.8 Å². The third-order valence-corrected chi connectivity index (χ3v) is 3.84. The Labute approximate surface area is 138 Å². The average Bonchev–Trinajstić information content (AvgIpc) is 2.82. The summed E-state index contributed by atoms with van der Waals surface area (Å²) >= 11 is 0. The van der Waals surface area contributed by atoms with Crippen molar-refractivity contribution < 1.29 is 14.6 Å². The van der Waals surface area contributed by atoms with E-state index in [9.17, 15) is 19.5 Å². The molecule has 0 fully saturated rings. The zero-order valence-electron chi connectivity index (χ0n) is 14.2. The zero-order valence-corrected chi connectivity index (χ0v) is 14.2. The fourth-order valence-corrected chi connectivity index (χ4v) is 2.49. The van der Waals surface area contributed by atoms with Crippen LogP contribution >= 0.6 is 0 Å². The van der Waals surface area contributed by atoms with Gasteiger partial charge in [-0.25, -0.2) is 9.59 Å². The average molecular weight is 333 g/mol. The van der Waals surface area contributed by atoms with E-state index in [4.69, 9.17) is 4.74 Å². The topological polar surface area (TPSA) is 103 Å². The van der Waals surface area contributed by atoms with Crippen molar-refractivity contribution in [2.75, 3.05) is 6.61 Å². The summed E-state index contributed by atoms with van der Waals surface area (Å²) in [5.41, 5.74) is 0.361. The lowest BCUT2D eigenvalue weighted by Crippen LogP contribution is -2.38. The molecular weight excluding hydrogens is 314 g/mol. The molecule has 1 aliphatic rings.